The van der Waals surface area contributed by atoms with E-state index < -0.39 is 4.92 Å². The third-order valence-electron chi connectivity index (χ3n) is 6.42. The Morgan fingerprint density at radius 2 is 1.85 bits per heavy atom. The Kier molecular flexibility index (Phi) is 7.57. The van der Waals surface area contributed by atoms with Gasteiger partial charge in [0.05, 0.1) is 18.1 Å². The highest BCUT2D eigenvalue weighted by molar-refractivity contribution is 5.95. The van der Waals surface area contributed by atoms with Crippen LogP contribution in [0.15, 0.2) is 42.5 Å². The molecule has 176 valence electrons. The van der Waals surface area contributed by atoms with Crippen LogP contribution in [0.25, 0.3) is 0 Å². The smallest absolute Gasteiger partial charge is 0.293 e. The lowest BCUT2D eigenvalue weighted by Gasteiger charge is -2.32. The number of amides is 1. The van der Waals surface area contributed by atoms with Gasteiger partial charge in [-0.15, -0.1) is 0 Å². The standard InChI is InChI=1S/C25H32N4O4/c1-19-3-2-10-28(17-19)23-9-8-22(15-24(23)29(31)32)25(30)26-16-20-4-6-21(7-5-20)18-27-11-13-33-14-12-27/h4-9,15,19H,2-3,10-14,16-18H2,1H3,(H,26,30). The average Bonchev–Trinajstić information content (AvgIpc) is 2.83. The summed E-state index contributed by atoms with van der Waals surface area (Å²) in [6.45, 7) is 8.47. The number of carbonyl (C=O) groups excluding carboxylic acids is 1. The van der Waals surface area contributed by atoms with E-state index in [4.69, 9.17) is 4.74 Å². The first-order valence-corrected chi connectivity index (χ1v) is 11.7. The van der Waals surface area contributed by atoms with Gasteiger partial charge in [-0.3, -0.25) is 19.8 Å². The Morgan fingerprint density at radius 3 is 2.55 bits per heavy atom. The van der Waals surface area contributed by atoms with E-state index in [0.717, 1.165) is 64.3 Å². The van der Waals surface area contributed by atoms with Gasteiger partial charge in [-0.1, -0.05) is 31.2 Å². The fourth-order valence-corrected chi connectivity index (χ4v) is 4.55. The minimum absolute atomic E-state index is 0.00999. The molecule has 4 rings (SSSR count). The van der Waals surface area contributed by atoms with Crippen LogP contribution < -0.4 is 10.2 Å². The number of carbonyl (C=O) groups is 1. The summed E-state index contributed by atoms with van der Waals surface area (Å²) in [5, 5.41) is 14.6. The van der Waals surface area contributed by atoms with Crippen LogP contribution in [0.1, 0.15) is 41.3 Å². The minimum atomic E-state index is -0.390. The number of nitrogens with one attached hydrogen (secondary N) is 1. The molecule has 1 amide bonds. The third-order valence-corrected chi connectivity index (χ3v) is 6.42. The van der Waals surface area contributed by atoms with E-state index >= 15 is 0 Å². The van der Waals surface area contributed by atoms with Crippen LogP contribution in [0, 0.1) is 16.0 Å². The molecule has 0 aromatic heterocycles. The van der Waals surface area contributed by atoms with Crippen molar-refractivity contribution >= 4 is 17.3 Å². The Hall–Kier alpha value is -2.97. The van der Waals surface area contributed by atoms with Crippen molar-refractivity contribution < 1.29 is 14.5 Å². The van der Waals surface area contributed by atoms with Gasteiger partial charge >= 0.3 is 0 Å². The molecule has 1 N–H and O–H groups in total. The van der Waals surface area contributed by atoms with Gasteiger partial charge in [-0.25, -0.2) is 0 Å². The molecule has 0 radical (unpaired) electrons. The fraction of sp³-hybridized carbons (Fsp3) is 0.480. The molecule has 2 aliphatic rings. The van der Waals surface area contributed by atoms with Crippen LogP contribution >= 0.6 is 0 Å². The van der Waals surface area contributed by atoms with Crippen molar-refractivity contribution in [2.24, 2.45) is 5.92 Å². The molecule has 2 fully saturated rings. The van der Waals surface area contributed by atoms with Crippen LogP contribution in [0.4, 0.5) is 11.4 Å². The fourth-order valence-electron chi connectivity index (χ4n) is 4.55. The van der Waals surface area contributed by atoms with Gasteiger partial charge in [0.2, 0.25) is 0 Å². The Labute approximate surface area is 194 Å². The van der Waals surface area contributed by atoms with Gasteiger partial charge in [0.25, 0.3) is 11.6 Å². The van der Waals surface area contributed by atoms with Crippen molar-refractivity contribution in [3.63, 3.8) is 0 Å². The molecule has 33 heavy (non-hydrogen) atoms. The molecule has 0 spiro atoms. The quantitative estimate of drug-likeness (QED) is 0.510. The van der Waals surface area contributed by atoms with Gasteiger partial charge in [0, 0.05) is 50.9 Å². The van der Waals surface area contributed by atoms with E-state index in [2.05, 4.69) is 34.2 Å². The van der Waals surface area contributed by atoms with E-state index in [1.54, 1.807) is 12.1 Å². The molecule has 2 aliphatic heterocycles. The van der Waals surface area contributed by atoms with Crippen molar-refractivity contribution in [3.05, 3.63) is 69.3 Å². The Morgan fingerprint density at radius 1 is 1.12 bits per heavy atom. The monoisotopic (exact) mass is 452 g/mol. The summed E-state index contributed by atoms with van der Waals surface area (Å²) in [4.78, 5) is 28.4. The maximum atomic E-state index is 12.7. The average molecular weight is 453 g/mol. The highest BCUT2D eigenvalue weighted by Crippen LogP contribution is 2.32. The lowest BCUT2D eigenvalue weighted by Crippen LogP contribution is -2.35. The van der Waals surface area contributed by atoms with E-state index in [9.17, 15) is 14.9 Å². The van der Waals surface area contributed by atoms with Crippen LogP contribution in [-0.4, -0.2) is 55.1 Å². The van der Waals surface area contributed by atoms with Gasteiger partial charge in [0.1, 0.15) is 5.69 Å². The molecular weight excluding hydrogens is 420 g/mol. The lowest BCUT2D eigenvalue weighted by atomic mass is 9.99. The highest BCUT2D eigenvalue weighted by Gasteiger charge is 2.25. The number of nitro groups is 1. The summed E-state index contributed by atoms with van der Waals surface area (Å²) in [7, 11) is 0. The van der Waals surface area contributed by atoms with E-state index in [1.807, 2.05) is 12.1 Å². The van der Waals surface area contributed by atoms with Gasteiger partial charge in [0.15, 0.2) is 0 Å². The molecule has 2 heterocycles. The third kappa shape index (κ3) is 6.09. The molecule has 1 atom stereocenters. The van der Waals surface area contributed by atoms with Gasteiger partial charge in [-0.2, -0.15) is 0 Å². The molecule has 0 bridgehead atoms. The van der Waals surface area contributed by atoms with Gasteiger partial charge < -0.3 is 15.0 Å². The molecule has 1 unspecified atom stereocenters. The molecule has 8 nitrogen and oxygen atoms in total. The largest absolute Gasteiger partial charge is 0.379 e. The number of piperidine rings is 1. The number of ether oxygens (including phenoxy) is 1. The number of benzene rings is 2. The van der Waals surface area contributed by atoms with Crippen molar-refractivity contribution in [3.8, 4) is 0 Å². The number of nitro benzene ring substituents is 1. The number of anilines is 1. The summed E-state index contributed by atoms with van der Waals surface area (Å²) in [6.07, 6.45) is 2.16. The number of nitrogens with zero attached hydrogens (tertiary/aromatic N) is 3. The summed E-state index contributed by atoms with van der Waals surface area (Å²) >= 11 is 0. The number of rotatable bonds is 7. The van der Waals surface area contributed by atoms with E-state index in [0.29, 0.717) is 23.7 Å². The second-order valence-electron chi connectivity index (χ2n) is 9.04. The first kappa shape index (κ1) is 23.2. The molecule has 0 aliphatic carbocycles. The molecule has 0 saturated carbocycles. The SMILES string of the molecule is CC1CCCN(c2ccc(C(=O)NCc3ccc(CN4CCOCC4)cc3)cc2[N+](=O)[O-])C1. The van der Waals surface area contributed by atoms with Crippen LogP contribution in [0.3, 0.4) is 0 Å². The zero-order chi connectivity index (χ0) is 23.2. The molecule has 2 aromatic carbocycles. The molecule has 2 aromatic rings. The second kappa shape index (κ2) is 10.8. The van der Waals surface area contributed by atoms with Crippen molar-refractivity contribution in [1.82, 2.24) is 10.2 Å². The summed E-state index contributed by atoms with van der Waals surface area (Å²) in [6, 6.07) is 13.0. The minimum Gasteiger partial charge on any atom is -0.379 e. The van der Waals surface area contributed by atoms with Crippen molar-refractivity contribution in [2.75, 3.05) is 44.3 Å². The van der Waals surface area contributed by atoms with E-state index in [1.165, 1.54) is 11.6 Å². The van der Waals surface area contributed by atoms with Crippen molar-refractivity contribution in [1.29, 1.82) is 0 Å². The number of hydrogen-bond donors (Lipinski definition) is 1. The molecular formula is C25H32N4O4. The predicted molar refractivity (Wildman–Crippen MR) is 127 cm³/mol. The maximum Gasteiger partial charge on any atom is 0.293 e. The predicted octanol–water partition coefficient (Wildman–Crippen LogP) is 3.59. The zero-order valence-electron chi connectivity index (χ0n) is 19.2. The zero-order valence-corrected chi connectivity index (χ0v) is 19.2. The van der Waals surface area contributed by atoms with Crippen molar-refractivity contribution in [2.45, 2.75) is 32.9 Å². The maximum absolute atomic E-state index is 12.7. The van der Waals surface area contributed by atoms with Gasteiger partial charge in [-0.05, 0) is 42.0 Å². The van der Waals surface area contributed by atoms with Crippen LogP contribution in [-0.2, 0) is 17.8 Å². The van der Waals surface area contributed by atoms with E-state index in [-0.39, 0.29) is 11.6 Å². The number of morpholine rings is 1. The highest BCUT2D eigenvalue weighted by atomic mass is 16.6. The normalized spacial score (nSPS) is 19.3. The topological polar surface area (TPSA) is 88.0 Å². The lowest BCUT2D eigenvalue weighted by molar-refractivity contribution is -0.384. The van der Waals surface area contributed by atoms with Crippen LogP contribution in [0.5, 0.6) is 0 Å². The second-order valence-corrected chi connectivity index (χ2v) is 9.04. The Balaban J connectivity index is 1.36. The first-order chi connectivity index (χ1) is 16.0. The Bertz CT molecular complexity index is 973. The summed E-state index contributed by atoms with van der Waals surface area (Å²) in [5.74, 6) is 0.190. The molecule has 8 heteroatoms. The number of hydrogen-bond acceptors (Lipinski definition) is 6. The van der Waals surface area contributed by atoms with Crippen LogP contribution in [0.2, 0.25) is 0 Å². The first-order valence-electron chi connectivity index (χ1n) is 11.7. The summed E-state index contributed by atoms with van der Waals surface area (Å²) < 4.78 is 5.39. The molecule has 2 saturated heterocycles. The summed E-state index contributed by atoms with van der Waals surface area (Å²) in [5.41, 5.74) is 3.11.